The molecular formula is C10H8BrNOS. The van der Waals surface area contributed by atoms with Gasteiger partial charge in [0.05, 0.1) is 10.2 Å². The molecule has 1 heterocycles. The lowest BCUT2D eigenvalue weighted by Crippen LogP contribution is -1.82. The van der Waals surface area contributed by atoms with Gasteiger partial charge in [0.2, 0.25) is 0 Å². The molecule has 1 saturated carbocycles. The van der Waals surface area contributed by atoms with Crippen LogP contribution in [0.2, 0.25) is 0 Å². The maximum Gasteiger partial charge on any atom is 0.160 e. The molecule has 1 N–H and O–H groups in total. The predicted octanol–water partition coefficient (Wildman–Crippen LogP) is 3.64. The molecule has 0 aliphatic heterocycles. The van der Waals surface area contributed by atoms with Crippen molar-refractivity contribution in [2.24, 2.45) is 0 Å². The van der Waals surface area contributed by atoms with E-state index in [1.165, 1.54) is 18.4 Å². The van der Waals surface area contributed by atoms with Gasteiger partial charge in [0, 0.05) is 0 Å². The van der Waals surface area contributed by atoms with Crippen LogP contribution in [0.1, 0.15) is 24.3 Å². The summed E-state index contributed by atoms with van der Waals surface area (Å²) in [6.45, 7) is 0. The molecule has 1 fully saturated rings. The number of aromatic hydroxyl groups is 1. The minimum absolute atomic E-state index is 0.357. The van der Waals surface area contributed by atoms with Crippen LogP contribution in [-0.4, -0.2) is 10.1 Å². The van der Waals surface area contributed by atoms with E-state index in [2.05, 4.69) is 20.9 Å². The number of nitrogens with zero attached hydrogens (tertiary/aromatic N) is 1. The van der Waals surface area contributed by atoms with Crippen molar-refractivity contribution in [3.05, 3.63) is 21.6 Å². The summed E-state index contributed by atoms with van der Waals surface area (Å²) in [5, 5.41) is 9.56. The smallest absolute Gasteiger partial charge is 0.160 e. The zero-order valence-electron chi connectivity index (χ0n) is 7.33. The molecule has 2 nitrogen and oxygen atoms in total. The fourth-order valence-electron chi connectivity index (χ4n) is 1.72. The summed E-state index contributed by atoms with van der Waals surface area (Å²) < 4.78 is 1.96. The van der Waals surface area contributed by atoms with Crippen molar-refractivity contribution in [3.63, 3.8) is 0 Å². The van der Waals surface area contributed by atoms with Gasteiger partial charge in [-0.1, -0.05) is 0 Å². The molecule has 0 amide bonds. The Morgan fingerprint density at radius 2 is 2.21 bits per heavy atom. The van der Waals surface area contributed by atoms with E-state index in [0.29, 0.717) is 11.7 Å². The molecule has 1 aromatic carbocycles. The highest BCUT2D eigenvalue weighted by molar-refractivity contribution is 9.11. The second kappa shape index (κ2) is 2.94. The highest BCUT2D eigenvalue weighted by Gasteiger charge is 2.27. The van der Waals surface area contributed by atoms with Crippen LogP contribution in [0, 0.1) is 0 Å². The molecule has 0 radical (unpaired) electrons. The SMILES string of the molecule is Oc1cc(C2CC2)c2nc(Br)sc2c1. The average Bonchev–Trinajstić information content (AvgIpc) is 2.87. The molecule has 1 aliphatic rings. The first-order chi connectivity index (χ1) is 6.74. The number of fused-ring (bicyclic) bond motifs is 1. The monoisotopic (exact) mass is 269 g/mol. The molecule has 0 bridgehead atoms. The van der Waals surface area contributed by atoms with Crippen molar-refractivity contribution in [2.75, 3.05) is 0 Å². The van der Waals surface area contributed by atoms with Crippen LogP contribution in [0.5, 0.6) is 5.75 Å². The molecule has 3 rings (SSSR count). The molecule has 72 valence electrons. The number of thiazole rings is 1. The lowest BCUT2D eigenvalue weighted by Gasteiger charge is -2.00. The minimum Gasteiger partial charge on any atom is -0.508 e. The van der Waals surface area contributed by atoms with Crippen molar-refractivity contribution < 1.29 is 5.11 Å². The standard InChI is InChI=1S/C10H8BrNOS/c11-10-12-9-7(5-1-2-5)3-6(13)4-8(9)14-10/h3-5,13H,1-2H2. The summed E-state index contributed by atoms with van der Waals surface area (Å²) in [6.07, 6.45) is 2.46. The van der Waals surface area contributed by atoms with Gasteiger partial charge in [-0.05, 0) is 52.4 Å². The zero-order valence-corrected chi connectivity index (χ0v) is 9.73. The topological polar surface area (TPSA) is 33.1 Å². The summed E-state index contributed by atoms with van der Waals surface area (Å²) in [5.41, 5.74) is 2.27. The number of rotatable bonds is 1. The van der Waals surface area contributed by atoms with Gasteiger partial charge in [-0.2, -0.15) is 0 Å². The summed E-state index contributed by atoms with van der Waals surface area (Å²) in [6, 6.07) is 3.63. The third-order valence-corrected chi connectivity index (χ3v) is 3.95. The molecule has 2 aromatic rings. The Hall–Kier alpha value is -0.610. The molecule has 0 unspecified atom stereocenters. The van der Waals surface area contributed by atoms with E-state index >= 15 is 0 Å². The Balaban J connectivity index is 2.33. The Bertz CT molecular complexity index is 504. The fraction of sp³-hybridized carbons (Fsp3) is 0.300. The number of phenolic OH excluding ortho intramolecular Hbond substituents is 1. The number of halogens is 1. The third kappa shape index (κ3) is 1.33. The molecule has 1 aromatic heterocycles. The summed E-state index contributed by atoms with van der Waals surface area (Å²) in [4.78, 5) is 4.44. The van der Waals surface area contributed by atoms with E-state index in [4.69, 9.17) is 0 Å². The number of benzene rings is 1. The van der Waals surface area contributed by atoms with Crippen molar-refractivity contribution in [1.29, 1.82) is 0 Å². The first-order valence-corrected chi connectivity index (χ1v) is 6.14. The fourth-order valence-corrected chi connectivity index (χ4v) is 3.18. The van der Waals surface area contributed by atoms with Gasteiger partial charge < -0.3 is 5.11 Å². The lowest BCUT2D eigenvalue weighted by atomic mass is 10.1. The molecule has 0 atom stereocenters. The van der Waals surface area contributed by atoms with Crippen LogP contribution in [0.4, 0.5) is 0 Å². The second-order valence-corrected chi connectivity index (χ2v) is 5.93. The van der Waals surface area contributed by atoms with E-state index in [0.717, 1.165) is 14.1 Å². The van der Waals surface area contributed by atoms with Crippen LogP contribution in [0.25, 0.3) is 10.2 Å². The first-order valence-electron chi connectivity index (χ1n) is 4.53. The quantitative estimate of drug-likeness (QED) is 0.858. The number of hydrogen-bond acceptors (Lipinski definition) is 3. The maximum absolute atomic E-state index is 9.56. The largest absolute Gasteiger partial charge is 0.508 e. The Morgan fingerprint density at radius 3 is 2.93 bits per heavy atom. The molecule has 14 heavy (non-hydrogen) atoms. The van der Waals surface area contributed by atoms with Gasteiger partial charge in [-0.15, -0.1) is 11.3 Å². The third-order valence-electron chi connectivity index (χ3n) is 2.50. The van der Waals surface area contributed by atoms with E-state index in [1.54, 1.807) is 17.4 Å². The summed E-state index contributed by atoms with van der Waals surface area (Å²) >= 11 is 4.95. The van der Waals surface area contributed by atoms with E-state index in [1.807, 2.05) is 6.07 Å². The Morgan fingerprint density at radius 1 is 1.43 bits per heavy atom. The normalized spacial score (nSPS) is 16.4. The number of hydrogen-bond donors (Lipinski definition) is 1. The van der Waals surface area contributed by atoms with Gasteiger partial charge in [0.15, 0.2) is 3.92 Å². The Kier molecular flexibility index (Phi) is 1.82. The van der Waals surface area contributed by atoms with Gasteiger partial charge in [0.1, 0.15) is 5.75 Å². The minimum atomic E-state index is 0.357. The van der Waals surface area contributed by atoms with Crippen molar-refractivity contribution in [2.45, 2.75) is 18.8 Å². The second-order valence-electron chi connectivity index (χ2n) is 3.62. The zero-order chi connectivity index (χ0) is 9.71. The summed E-state index contributed by atoms with van der Waals surface area (Å²) in [5.74, 6) is 0.981. The number of phenols is 1. The predicted molar refractivity (Wildman–Crippen MR) is 61.0 cm³/mol. The average molecular weight is 270 g/mol. The van der Waals surface area contributed by atoms with Crippen molar-refractivity contribution in [1.82, 2.24) is 4.98 Å². The van der Waals surface area contributed by atoms with Gasteiger partial charge in [-0.3, -0.25) is 0 Å². The molecule has 4 heteroatoms. The molecule has 0 spiro atoms. The maximum atomic E-state index is 9.56. The lowest BCUT2D eigenvalue weighted by molar-refractivity contribution is 0.475. The molecule has 0 saturated heterocycles. The van der Waals surface area contributed by atoms with E-state index in [-0.39, 0.29) is 0 Å². The first kappa shape index (κ1) is 8.68. The van der Waals surface area contributed by atoms with Crippen molar-refractivity contribution >= 4 is 37.5 Å². The van der Waals surface area contributed by atoms with Crippen molar-refractivity contribution in [3.8, 4) is 5.75 Å². The Labute approximate surface area is 93.7 Å². The molecular weight excluding hydrogens is 262 g/mol. The van der Waals surface area contributed by atoms with Gasteiger partial charge in [0.25, 0.3) is 0 Å². The summed E-state index contributed by atoms with van der Waals surface area (Å²) in [7, 11) is 0. The van der Waals surface area contributed by atoms with Gasteiger partial charge >= 0.3 is 0 Å². The van der Waals surface area contributed by atoms with Crippen LogP contribution < -0.4 is 0 Å². The number of aromatic nitrogens is 1. The van der Waals surface area contributed by atoms with Crippen LogP contribution in [0.15, 0.2) is 16.0 Å². The van der Waals surface area contributed by atoms with Crippen LogP contribution >= 0.6 is 27.3 Å². The highest BCUT2D eigenvalue weighted by Crippen LogP contribution is 2.45. The van der Waals surface area contributed by atoms with Gasteiger partial charge in [-0.25, -0.2) is 4.98 Å². The van der Waals surface area contributed by atoms with E-state index in [9.17, 15) is 5.11 Å². The van der Waals surface area contributed by atoms with Crippen LogP contribution in [-0.2, 0) is 0 Å². The van der Waals surface area contributed by atoms with E-state index < -0.39 is 0 Å². The highest BCUT2D eigenvalue weighted by atomic mass is 79.9. The molecule has 1 aliphatic carbocycles. The van der Waals surface area contributed by atoms with Crippen LogP contribution in [0.3, 0.4) is 0 Å².